The number of carboxylic acids is 1. The van der Waals surface area contributed by atoms with Gasteiger partial charge in [0.25, 0.3) is 0 Å². The van der Waals surface area contributed by atoms with Crippen LogP contribution in [-0.2, 0) is 0 Å². The van der Waals surface area contributed by atoms with Gasteiger partial charge in [0.2, 0.25) is 5.43 Å². The molecule has 0 amide bonds. The van der Waals surface area contributed by atoms with Gasteiger partial charge >= 0.3 is 5.97 Å². The zero-order chi connectivity index (χ0) is 16.4. The fourth-order valence-electron chi connectivity index (χ4n) is 2.33. The SMILES string of the molecule is COc1ccc(Nc2c(C(=O)O)[nH]c3ccccc3c2=O)cc1. The van der Waals surface area contributed by atoms with Gasteiger partial charge in [-0.1, -0.05) is 12.1 Å². The molecule has 0 fully saturated rings. The van der Waals surface area contributed by atoms with Crippen LogP contribution in [0.25, 0.3) is 10.9 Å². The number of hydrogen-bond donors (Lipinski definition) is 3. The molecule has 6 nitrogen and oxygen atoms in total. The Morgan fingerprint density at radius 2 is 1.83 bits per heavy atom. The molecule has 0 radical (unpaired) electrons. The van der Waals surface area contributed by atoms with E-state index in [1.54, 1.807) is 55.6 Å². The van der Waals surface area contributed by atoms with E-state index >= 15 is 0 Å². The third-order valence-electron chi connectivity index (χ3n) is 3.48. The van der Waals surface area contributed by atoms with Crippen molar-refractivity contribution in [1.82, 2.24) is 4.98 Å². The molecule has 2 aromatic carbocycles. The summed E-state index contributed by atoms with van der Waals surface area (Å²) in [7, 11) is 1.55. The maximum Gasteiger partial charge on any atom is 0.354 e. The first-order valence-electron chi connectivity index (χ1n) is 6.89. The molecule has 0 aliphatic rings. The number of nitrogens with one attached hydrogen (secondary N) is 2. The van der Waals surface area contributed by atoms with Gasteiger partial charge in [-0.15, -0.1) is 0 Å². The highest BCUT2D eigenvalue weighted by Crippen LogP contribution is 2.22. The van der Waals surface area contributed by atoms with E-state index in [9.17, 15) is 14.7 Å². The predicted octanol–water partition coefficient (Wildman–Crippen LogP) is 2.98. The maximum atomic E-state index is 12.6. The van der Waals surface area contributed by atoms with E-state index in [-0.39, 0.29) is 16.8 Å². The summed E-state index contributed by atoms with van der Waals surface area (Å²) in [6, 6.07) is 13.6. The van der Waals surface area contributed by atoms with Gasteiger partial charge in [-0.25, -0.2) is 4.79 Å². The van der Waals surface area contributed by atoms with Gasteiger partial charge in [0.15, 0.2) is 5.69 Å². The number of aromatic carboxylic acids is 1. The first-order chi connectivity index (χ1) is 11.1. The molecule has 6 heteroatoms. The van der Waals surface area contributed by atoms with Gasteiger partial charge in [0, 0.05) is 11.1 Å². The Bertz CT molecular complexity index is 929. The van der Waals surface area contributed by atoms with Gasteiger partial charge in [0.05, 0.1) is 12.6 Å². The van der Waals surface area contributed by atoms with Crippen LogP contribution in [0.1, 0.15) is 10.5 Å². The van der Waals surface area contributed by atoms with Crippen LogP contribution >= 0.6 is 0 Å². The van der Waals surface area contributed by atoms with E-state index in [2.05, 4.69) is 10.3 Å². The summed E-state index contributed by atoms with van der Waals surface area (Å²) >= 11 is 0. The molecular weight excluding hydrogens is 296 g/mol. The molecule has 1 heterocycles. The molecule has 0 spiro atoms. The summed E-state index contributed by atoms with van der Waals surface area (Å²) in [6.07, 6.45) is 0. The number of hydrogen-bond acceptors (Lipinski definition) is 4. The standard InChI is InChI=1S/C17H14N2O4/c1-23-11-8-6-10(7-9-11)18-14-15(17(21)22)19-13-5-3-2-4-12(13)16(14)20/h2-9,18H,1H3,(H,19,20)(H,21,22). The largest absolute Gasteiger partial charge is 0.497 e. The quantitative estimate of drug-likeness (QED) is 0.689. The summed E-state index contributed by atoms with van der Waals surface area (Å²) in [5.74, 6) is -0.537. The zero-order valence-electron chi connectivity index (χ0n) is 12.3. The molecule has 0 atom stereocenters. The number of anilines is 2. The van der Waals surface area contributed by atoms with Crippen LogP contribution < -0.4 is 15.5 Å². The van der Waals surface area contributed by atoms with Crippen LogP contribution in [0.5, 0.6) is 5.75 Å². The van der Waals surface area contributed by atoms with E-state index in [0.717, 1.165) is 0 Å². The van der Waals surface area contributed by atoms with E-state index in [4.69, 9.17) is 4.74 Å². The molecule has 1 aromatic heterocycles. The number of aromatic nitrogens is 1. The molecule has 0 saturated heterocycles. The third-order valence-corrected chi connectivity index (χ3v) is 3.48. The van der Waals surface area contributed by atoms with Gasteiger partial charge < -0.3 is 20.1 Å². The molecule has 0 saturated carbocycles. The summed E-state index contributed by atoms with van der Waals surface area (Å²) in [4.78, 5) is 26.9. The molecule has 0 bridgehead atoms. The minimum atomic E-state index is -1.20. The average molecular weight is 310 g/mol. The fourth-order valence-corrected chi connectivity index (χ4v) is 2.33. The van der Waals surface area contributed by atoms with Crippen LogP contribution in [0.4, 0.5) is 11.4 Å². The second-order valence-corrected chi connectivity index (χ2v) is 4.91. The van der Waals surface area contributed by atoms with E-state index in [0.29, 0.717) is 22.3 Å². The molecule has 0 aliphatic carbocycles. The highest BCUT2D eigenvalue weighted by molar-refractivity contribution is 5.97. The molecule has 3 rings (SSSR count). The highest BCUT2D eigenvalue weighted by atomic mass is 16.5. The van der Waals surface area contributed by atoms with Crippen molar-refractivity contribution in [1.29, 1.82) is 0 Å². The molecule has 0 aliphatic heterocycles. The second-order valence-electron chi connectivity index (χ2n) is 4.91. The topological polar surface area (TPSA) is 91.4 Å². The number of methoxy groups -OCH3 is 1. The average Bonchev–Trinajstić information content (AvgIpc) is 2.57. The number of benzene rings is 2. The number of pyridine rings is 1. The Hall–Kier alpha value is -3.28. The van der Waals surface area contributed by atoms with Crippen molar-refractivity contribution in [2.45, 2.75) is 0 Å². The monoisotopic (exact) mass is 310 g/mol. The van der Waals surface area contributed by atoms with Crippen LogP contribution in [0.2, 0.25) is 0 Å². The van der Waals surface area contributed by atoms with Crippen molar-refractivity contribution in [3.8, 4) is 5.75 Å². The molecule has 0 unspecified atom stereocenters. The first kappa shape index (κ1) is 14.6. The van der Waals surface area contributed by atoms with Crippen molar-refractivity contribution in [2.75, 3.05) is 12.4 Å². The smallest absolute Gasteiger partial charge is 0.354 e. The summed E-state index contributed by atoms with van der Waals surface area (Å²) in [5, 5.41) is 12.7. The van der Waals surface area contributed by atoms with Crippen molar-refractivity contribution in [2.24, 2.45) is 0 Å². The number of rotatable bonds is 4. The lowest BCUT2D eigenvalue weighted by Crippen LogP contribution is -2.16. The lowest BCUT2D eigenvalue weighted by molar-refractivity contribution is 0.0692. The Morgan fingerprint density at radius 1 is 1.13 bits per heavy atom. The minimum Gasteiger partial charge on any atom is -0.497 e. The van der Waals surface area contributed by atoms with Gasteiger partial charge in [-0.2, -0.15) is 0 Å². The summed E-state index contributed by atoms with van der Waals surface area (Å²) in [6.45, 7) is 0. The number of ether oxygens (including phenoxy) is 1. The number of carbonyl (C=O) groups is 1. The summed E-state index contributed by atoms with van der Waals surface area (Å²) < 4.78 is 5.07. The fraction of sp³-hybridized carbons (Fsp3) is 0.0588. The number of H-pyrrole nitrogens is 1. The van der Waals surface area contributed by atoms with E-state index in [1.165, 1.54) is 0 Å². The Balaban J connectivity index is 2.14. The number of fused-ring (bicyclic) bond motifs is 1. The van der Waals surface area contributed by atoms with Crippen LogP contribution in [0.3, 0.4) is 0 Å². The molecule has 3 aromatic rings. The Morgan fingerprint density at radius 3 is 2.48 bits per heavy atom. The van der Waals surface area contributed by atoms with Crippen molar-refractivity contribution < 1.29 is 14.6 Å². The molecule has 23 heavy (non-hydrogen) atoms. The lowest BCUT2D eigenvalue weighted by Gasteiger charge is -2.11. The van der Waals surface area contributed by atoms with Crippen LogP contribution in [0.15, 0.2) is 53.3 Å². The summed E-state index contributed by atoms with van der Waals surface area (Å²) in [5.41, 5.74) is 0.530. The highest BCUT2D eigenvalue weighted by Gasteiger charge is 2.17. The normalized spacial score (nSPS) is 10.5. The number of aromatic amines is 1. The zero-order valence-corrected chi connectivity index (χ0v) is 12.3. The Labute approximate surface area is 131 Å². The second kappa shape index (κ2) is 5.84. The lowest BCUT2D eigenvalue weighted by atomic mass is 10.1. The third kappa shape index (κ3) is 2.74. The van der Waals surface area contributed by atoms with Crippen molar-refractivity contribution in [3.63, 3.8) is 0 Å². The van der Waals surface area contributed by atoms with Crippen molar-refractivity contribution >= 4 is 28.2 Å². The van der Waals surface area contributed by atoms with Gasteiger partial charge in [-0.05, 0) is 36.4 Å². The predicted molar refractivity (Wildman–Crippen MR) is 87.8 cm³/mol. The van der Waals surface area contributed by atoms with E-state index in [1.807, 2.05) is 0 Å². The van der Waals surface area contributed by atoms with E-state index < -0.39 is 5.97 Å². The number of carboxylic acid groups (broad SMARTS) is 1. The molecular formula is C17H14N2O4. The van der Waals surface area contributed by atoms with Gasteiger partial charge in [-0.3, -0.25) is 4.79 Å². The maximum absolute atomic E-state index is 12.6. The van der Waals surface area contributed by atoms with Crippen LogP contribution in [-0.4, -0.2) is 23.2 Å². The Kier molecular flexibility index (Phi) is 3.72. The van der Waals surface area contributed by atoms with Crippen molar-refractivity contribution in [3.05, 3.63) is 64.4 Å². The first-order valence-corrected chi connectivity index (χ1v) is 6.89. The number of para-hydroxylation sites is 1. The van der Waals surface area contributed by atoms with Gasteiger partial charge in [0.1, 0.15) is 11.4 Å². The minimum absolute atomic E-state index is 0.00127. The van der Waals surface area contributed by atoms with Crippen LogP contribution in [0, 0.1) is 0 Å². The molecule has 116 valence electrons. The molecule has 3 N–H and O–H groups in total.